The molecule has 5 heteroatoms. The van der Waals surface area contributed by atoms with Crippen molar-refractivity contribution >= 4 is 34.9 Å². The third-order valence-electron chi connectivity index (χ3n) is 3.76. The number of nitrogens with zero attached hydrogens (tertiary/aromatic N) is 2. The van der Waals surface area contributed by atoms with Crippen molar-refractivity contribution in [1.29, 1.82) is 0 Å². The van der Waals surface area contributed by atoms with Gasteiger partial charge in [-0.3, -0.25) is 0 Å². The average Bonchev–Trinajstić information content (AvgIpc) is 2.69. The molecule has 1 atom stereocenters. The number of hydrogen-bond donors (Lipinski definition) is 1. The fourth-order valence-corrected chi connectivity index (χ4v) is 2.62. The molecule has 1 N–H and O–H groups in total. The van der Waals surface area contributed by atoms with Crippen LogP contribution < -0.4 is 0 Å². The molecular weight excluding hydrogens is 278 g/mol. The Kier molecular flexibility index (Phi) is 4.66. The third-order valence-corrected chi connectivity index (χ3v) is 4.31. The molecule has 0 bridgehead atoms. The van der Waals surface area contributed by atoms with Crippen molar-refractivity contribution in [3.8, 4) is 0 Å². The number of imidazole rings is 1. The monoisotopic (exact) mass is 297 g/mol. The third kappa shape index (κ3) is 3.19. The number of benzene rings is 1. The second-order valence-corrected chi connectivity index (χ2v) is 5.80. The molecule has 2 aromatic rings. The fourth-order valence-electron chi connectivity index (χ4n) is 2.15. The van der Waals surface area contributed by atoms with Gasteiger partial charge in [-0.25, -0.2) is 0 Å². The molecule has 19 heavy (non-hydrogen) atoms. The lowest BCUT2D eigenvalue weighted by molar-refractivity contribution is 0.243. The van der Waals surface area contributed by atoms with Crippen molar-refractivity contribution in [1.82, 2.24) is 14.5 Å². The Hall–Kier alpha value is -0.840. The van der Waals surface area contributed by atoms with E-state index in [1.807, 2.05) is 18.2 Å². The summed E-state index contributed by atoms with van der Waals surface area (Å²) in [5.41, 5.74) is 2.12. The van der Waals surface area contributed by atoms with E-state index in [0.717, 1.165) is 40.3 Å². The van der Waals surface area contributed by atoms with Crippen LogP contribution in [-0.4, -0.2) is 34.1 Å². The number of likely N-dealkylation sites (N-methyl/N-ethyl adjacent to an activating group) is 1. The van der Waals surface area contributed by atoms with E-state index in [4.69, 9.17) is 23.8 Å². The molecule has 1 heterocycles. The smallest absolute Gasteiger partial charge is 0.178 e. The van der Waals surface area contributed by atoms with Crippen LogP contribution in [0, 0.1) is 4.77 Å². The molecule has 0 aliphatic rings. The summed E-state index contributed by atoms with van der Waals surface area (Å²) in [4.78, 5) is 5.57. The van der Waals surface area contributed by atoms with Gasteiger partial charge in [0.05, 0.1) is 11.0 Å². The summed E-state index contributed by atoms with van der Waals surface area (Å²) in [5.74, 6) is 0. The maximum atomic E-state index is 6.00. The SMILES string of the molecule is CCC(C)N(C)CCn1c(=S)[nH]c2cc(Cl)ccc21. The Morgan fingerprint density at radius 1 is 1.47 bits per heavy atom. The summed E-state index contributed by atoms with van der Waals surface area (Å²) in [6, 6.07) is 6.43. The molecule has 0 fully saturated rings. The average molecular weight is 298 g/mol. The second kappa shape index (κ2) is 6.07. The number of hydrogen-bond acceptors (Lipinski definition) is 2. The number of halogens is 1. The van der Waals surface area contributed by atoms with Gasteiger partial charge in [-0.05, 0) is 50.8 Å². The van der Waals surface area contributed by atoms with Crippen LogP contribution in [0.1, 0.15) is 20.3 Å². The van der Waals surface area contributed by atoms with Gasteiger partial charge in [0, 0.05) is 24.2 Å². The summed E-state index contributed by atoms with van der Waals surface area (Å²) < 4.78 is 2.90. The molecule has 104 valence electrons. The Morgan fingerprint density at radius 3 is 2.89 bits per heavy atom. The van der Waals surface area contributed by atoms with Gasteiger partial charge < -0.3 is 14.5 Å². The van der Waals surface area contributed by atoms with Crippen LogP contribution in [0.15, 0.2) is 18.2 Å². The van der Waals surface area contributed by atoms with Crippen molar-refractivity contribution in [2.24, 2.45) is 0 Å². The van der Waals surface area contributed by atoms with Gasteiger partial charge in [-0.15, -0.1) is 0 Å². The predicted octanol–water partition coefficient (Wildman–Crippen LogP) is 4.08. The van der Waals surface area contributed by atoms with Crippen LogP contribution in [0.25, 0.3) is 11.0 Å². The van der Waals surface area contributed by atoms with E-state index in [9.17, 15) is 0 Å². The molecule has 0 radical (unpaired) electrons. The lowest BCUT2D eigenvalue weighted by atomic mass is 10.2. The van der Waals surface area contributed by atoms with Gasteiger partial charge in [0.2, 0.25) is 0 Å². The van der Waals surface area contributed by atoms with Crippen molar-refractivity contribution in [3.63, 3.8) is 0 Å². The largest absolute Gasteiger partial charge is 0.331 e. The van der Waals surface area contributed by atoms with Crippen molar-refractivity contribution in [2.45, 2.75) is 32.9 Å². The zero-order valence-corrected chi connectivity index (χ0v) is 13.2. The summed E-state index contributed by atoms with van der Waals surface area (Å²) in [6.07, 6.45) is 1.16. The minimum atomic E-state index is 0.592. The van der Waals surface area contributed by atoms with E-state index in [1.165, 1.54) is 0 Å². The van der Waals surface area contributed by atoms with Gasteiger partial charge in [0.1, 0.15) is 0 Å². The van der Waals surface area contributed by atoms with Crippen LogP contribution in [0.4, 0.5) is 0 Å². The van der Waals surface area contributed by atoms with Gasteiger partial charge in [0.25, 0.3) is 0 Å². The van der Waals surface area contributed by atoms with Crippen molar-refractivity contribution < 1.29 is 0 Å². The quantitative estimate of drug-likeness (QED) is 0.841. The molecule has 0 aliphatic carbocycles. The molecule has 2 rings (SSSR count). The first kappa shape index (κ1) is 14.6. The van der Waals surface area contributed by atoms with Gasteiger partial charge in [-0.2, -0.15) is 0 Å². The Bertz CT molecular complexity index is 617. The van der Waals surface area contributed by atoms with E-state index >= 15 is 0 Å². The Balaban J connectivity index is 2.21. The van der Waals surface area contributed by atoms with E-state index < -0.39 is 0 Å². The minimum Gasteiger partial charge on any atom is -0.331 e. The molecule has 0 aliphatic heterocycles. The van der Waals surface area contributed by atoms with E-state index in [2.05, 4.69) is 35.3 Å². The number of aromatic amines is 1. The van der Waals surface area contributed by atoms with Crippen LogP contribution >= 0.6 is 23.8 Å². The maximum Gasteiger partial charge on any atom is 0.178 e. The minimum absolute atomic E-state index is 0.592. The normalized spacial score (nSPS) is 13.3. The molecular formula is C14H20ClN3S. The molecule has 0 saturated heterocycles. The maximum absolute atomic E-state index is 6.00. The highest BCUT2D eigenvalue weighted by Gasteiger charge is 2.09. The van der Waals surface area contributed by atoms with E-state index in [0.29, 0.717) is 6.04 Å². The van der Waals surface area contributed by atoms with E-state index in [1.54, 1.807) is 0 Å². The van der Waals surface area contributed by atoms with E-state index in [-0.39, 0.29) is 0 Å². The first-order valence-corrected chi connectivity index (χ1v) is 7.40. The molecule has 3 nitrogen and oxygen atoms in total. The molecule has 0 amide bonds. The number of fused-ring (bicyclic) bond motifs is 1. The summed E-state index contributed by atoms with van der Waals surface area (Å²) in [5, 5.41) is 0.729. The Labute approximate surface area is 124 Å². The number of rotatable bonds is 5. The number of H-pyrrole nitrogens is 1. The second-order valence-electron chi connectivity index (χ2n) is 4.98. The highest BCUT2D eigenvalue weighted by atomic mass is 35.5. The van der Waals surface area contributed by atoms with Crippen LogP contribution in [0.3, 0.4) is 0 Å². The molecule has 1 aromatic heterocycles. The predicted molar refractivity (Wildman–Crippen MR) is 84.5 cm³/mol. The van der Waals surface area contributed by atoms with Gasteiger partial charge in [-0.1, -0.05) is 18.5 Å². The first-order valence-electron chi connectivity index (χ1n) is 6.61. The Morgan fingerprint density at radius 2 is 2.21 bits per heavy atom. The zero-order chi connectivity index (χ0) is 14.0. The van der Waals surface area contributed by atoms with Crippen molar-refractivity contribution in [2.75, 3.05) is 13.6 Å². The molecule has 0 spiro atoms. The van der Waals surface area contributed by atoms with Crippen molar-refractivity contribution in [3.05, 3.63) is 28.0 Å². The standard InChI is InChI=1S/C14H20ClN3S/c1-4-10(2)17(3)7-8-18-13-6-5-11(15)9-12(13)16-14(18)19/h5-6,9-10H,4,7-8H2,1-3H3,(H,16,19). The van der Waals surface area contributed by atoms with Gasteiger partial charge in [0.15, 0.2) is 4.77 Å². The molecule has 0 saturated carbocycles. The summed E-state index contributed by atoms with van der Waals surface area (Å²) in [7, 11) is 2.16. The van der Waals surface area contributed by atoms with Crippen LogP contribution in [0.5, 0.6) is 0 Å². The first-order chi connectivity index (χ1) is 9.02. The van der Waals surface area contributed by atoms with Crippen LogP contribution in [0.2, 0.25) is 5.02 Å². The summed E-state index contributed by atoms with van der Waals surface area (Å²) in [6.45, 7) is 6.33. The highest BCUT2D eigenvalue weighted by Crippen LogP contribution is 2.19. The number of nitrogens with one attached hydrogen (secondary N) is 1. The highest BCUT2D eigenvalue weighted by molar-refractivity contribution is 7.71. The fraction of sp³-hybridized carbons (Fsp3) is 0.500. The molecule has 1 aromatic carbocycles. The lowest BCUT2D eigenvalue weighted by Crippen LogP contribution is -2.31. The lowest BCUT2D eigenvalue weighted by Gasteiger charge is -2.23. The van der Waals surface area contributed by atoms with Crippen LogP contribution in [-0.2, 0) is 6.54 Å². The molecule has 1 unspecified atom stereocenters. The summed E-state index contributed by atoms with van der Waals surface area (Å²) >= 11 is 11.4. The van der Waals surface area contributed by atoms with Gasteiger partial charge >= 0.3 is 0 Å². The topological polar surface area (TPSA) is 24.0 Å². The number of aromatic nitrogens is 2. The zero-order valence-electron chi connectivity index (χ0n) is 11.6.